The van der Waals surface area contributed by atoms with Gasteiger partial charge in [-0.05, 0) is 95.2 Å². The Morgan fingerprint density at radius 2 is 1.82 bits per heavy atom. The molecule has 1 aliphatic carbocycles. The summed E-state index contributed by atoms with van der Waals surface area (Å²) >= 11 is 0. The summed E-state index contributed by atoms with van der Waals surface area (Å²) in [5.41, 5.74) is 0.646. The fourth-order valence-electron chi connectivity index (χ4n) is 7.53. The molecule has 3 aromatic heterocycles. The number of ether oxygens (including phenoxy) is 2. The van der Waals surface area contributed by atoms with Crippen LogP contribution in [0.2, 0.25) is 0 Å². The van der Waals surface area contributed by atoms with Gasteiger partial charge in [0, 0.05) is 49.7 Å². The van der Waals surface area contributed by atoms with Gasteiger partial charge in [-0.1, -0.05) is 29.9 Å². The summed E-state index contributed by atoms with van der Waals surface area (Å²) in [5, 5.41) is 20.4. The maximum Gasteiger partial charge on any atom is 0.452 e. The average Bonchev–Trinajstić information content (AvgIpc) is 3.55. The maximum absolute atomic E-state index is 14.3. The fourth-order valence-corrected chi connectivity index (χ4v) is 9.13. The molecule has 57 heavy (non-hydrogen) atoms. The third-order valence-electron chi connectivity index (χ3n) is 11.5. The molecular formula is C40H49F3N6O7S. The van der Waals surface area contributed by atoms with E-state index in [4.69, 9.17) is 9.47 Å². The number of aliphatic carboxylic acids is 1. The minimum atomic E-state index is -4.75. The van der Waals surface area contributed by atoms with Crippen LogP contribution in [0, 0.1) is 12.3 Å². The predicted molar refractivity (Wildman–Crippen MR) is 204 cm³/mol. The Bertz CT molecular complexity index is 2240. The Kier molecular flexibility index (Phi) is 11.8. The molecule has 17 heteroatoms. The van der Waals surface area contributed by atoms with Gasteiger partial charge in [-0.15, -0.1) is 10.2 Å². The van der Waals surface area contributed by atoms with E-state index in [9.17, 15) is 36.3 Å². The molecule has 0 aromatic carbocycles. The molecule has 0 unspecified atom stereocenters. The summed E-state index contributed by atoms with van der Waals surface area (Å²) in [5.74, 6) is -3.29. The molecule has 0 radical (unpaired) electrons. The second-order valence-corrected chi connectivity index (χ2v) is 17.8. The Balaban J connectivity index is 1.27. The number of sulfonamides is 1. The van der Waals surface area contributed by atoms with Crippen LogP contribution in [-0.2, 0) is 36.9 Å². The monoisotopic (exact) mass is 814 g/mol. The lowest BCUT2D eigenvalue weighted by Crippen LogP contribution is -2.51. The van der Waals surface area contributed by atoms with Crippen molar-refractivity contribution in [2.75, 3.05) is 26.3 Å². The van der Waals surface area contributed by atoms with E-state index in [0.29, 0.717) is 66.0 Å². The highest BCUT2D eigenvalue weighted by molar-refractivity contribution is 7.89. The minimum Gasteiger partial charge on any atom is -0.481 e. The largest absolute Gasteiger partial charge is 0.481 e. The van der Waals surface area contributed by atoms with Crippen molar-refractivity contribution in [2.45, 2.75) is 108 Å². The number of alkyl halides is 3. The predicted octanol–water partition coefficient (Wildman–Crippen LogP) is 6.33. The van der Waals surface area contributed by atoms with Crippen LogP contribution in [0.15, 0.2) is 64.7 Å². The Morgan fingerprint density at radius 3 is 2.46 bits per heavy atom. The molecule has 5 heterocycles. The highest BCUT2D eigenvalue weighted by Gasteiger charge is 2.46. The molecule has 308 valence electrons. The summed E-state index contributed by atoms with van der Waals surface area (Å²) in [7, 11) is -4.12. The molecular weight excluding hydrogens is 766 g/mol. The fraction of sp³-hybridized carbons (Fsp3) is 0.525. The van der Waals surface area contributed by atoms with Crippen LogP contribution in [0.3, 0.4) is 0 Å². The van der Waals surface area contributed by atoms with Crippen molar-refractivity contribution in [3.05, 3.63) is 82.5 Å². The van der Waals surface area contributed by atoms with Crippen LogP contribution in [0.5, 0.6) is 5.88 Å². The van der Waals surface area contributed by atoms with Crippen molar-refractivity contribution in [3.8, 4) is 5.88 Å². The van der Waals surface area contributed by atoms with E-state index in [1.807, 2.05) is 0 Å². The third-order valence-corrected chi connectivity index (χ3v) is 13.3. The van der Waals surface area contributed by atoms with Crippen molar-refractivity contribution in [1.29, 1.82) is 0 Å². The average molecular weight is 815 g/mol. The third kappa shape index (κ3) is 8.65. The number of aryl methyl sites for hydroxylation is 2. The first-order valence-electron chi connectivity index (χ1n) is 19.0. The van der Waals surface area contributed by atoms with Crippen molar-refractivity contribution in [2.24, 2.45) is 5.41 Å². The molecule has 3 aliphatic rings. The number of fused-ring (bicyclic) bond motifs is 2. The van der Waals surface area contributed by atoms with Crippen molar-refractivity contribution in [1.82, 2.24) is 29.2 Å². The van der Waals surface area contributed by atoms with Crippen LogP contribution in [0.1, 0.15) is 94.8 Å². The number of carboxylic acid groups (broad SMARTS) is 1. The molecule has 1 saturated carbocycles. The van der Waals surface area contributed by atoms with Gasteiger partial charge < -0.3 is 19.9 Å². The molecule has 1 atom stereocenters. The van der Waals surface area contributed by atoms with Crippen LogP contribution in [-0.4, -0.2) is 87.2 Å². The maximum atomic E-state index is 14.3. The van der Waals surface area contributed by atoms with Crippen LogP contribution in [0.4, 0.5) is 13.2 Å². The number of hydrogen-bond donors (Lipinski definition) is 2. The zero-order valence-electron chi connectivity index (χ0n) is 32.8. The van der Waals surface area contributed by atoms with Gasteiger partial charge in [-0.2, -0.15) is 17.5 Å². The quantitative estimate of drug-likeness (QED) is 0.198. The molecule has 13 nitrogen and oxygen atoms in total. The highest BCUT2D eigenvalue weighted by atomic mass is 32.2. The second kappa shape index (κ2) is 16.0. The molecule has 2 N–H and O–H groups in total. The van der Waals surface area contributed by atoms with Crippen molar-refractivity contribution in [3.63, 3.8) is 0 Å². The van der Waals surface area contributed by atoms with Crippen molar-refractivity contribution < 1.29 is 45.8 Å². The zero-order valence-corrected chi connectivity index (χ0v) is 33.6. The molecule has 0 bridgehead atoms. The standard InChI is InChI=1S/C40H49F3N6O7S/c1-24(10-11-25(2)33(38(5,6)37(51)52)30-16-19-49-34(27(30)4)46-47-36(49)40(41,42)43)26(3)22-48-23-39(17-20-55-21-18-39)56-35-31(57(48,53)54)14-12-29(45-35)13-15-32(50)44-28-8-7-9-28/h10-12,14,16,19,28,33H,2,7-9,13,15,17-18,20-23H2,1,3-6H3,(H,44,50)(H,51,52)/b11-10-,26-24+/t33-/m0/s1. The number of rotatable bonds is 12. The minimum absolute atomic E-state index is 0.00665. The van der Waals surface area contributed by atoms with Gasteiger partial charge in [0.25, 0.3) is 0 Å². The number of pyridine rings is 2. The molecule has 1 spiro atoms. The van der Waals surface area contributed by atoms with Crippen LogP contribution in [0.25, 0.3) is 5.65 Å². The first-order chi connectivity index (χ1) is 26.7. The van der Waals surface area contributed by atoms with E-state index in [1.165, 1.54) is 36.5 Å². The van der Waals surface area contributed by atoms with Gasteiger partial charge in [-0.3, -0.25) is 14.0 Å². The van der Waals surface area contributed by atoms with E-state index in [0.717, 1.165) is 23.7 Å². The Morgan fingerprint density at radius 1 is 1.12 bits per heavy atom. The first kappa shape index (κ1) is 42.0. The van der Waals surface area contributed by atoms with Crippen molar-refractivity contribution >= 4 is 27.5 Å². The topological polar surface area (TPSA) is 165 Å². The molecule has 1 saturated heterocycles. The summed E-state index contributed by atoms with van der Waals surface area (Å²) in [6.07, 6.45) is 4.29. The first-order valence-corrected chi connectivity index (χ1v) is 20.4. The number of allylic oxidation sites excluding steroid dienone is 4. The number of hydrogen-bond acceptors (Lipinski definition) is 9. The lowest BCUT2D eigenvalue weighted by molar-refractivity contribution is -0.147. The Labute approximate surface area is 330 Å². The number of carboxylic acids is 1. The normalized spacial score (nSPS) is 19.6. The number of halogens is 3. The van der Waals surface area contributed by atoms with E-state index < -0.39 is 44.9 Å². The van der Waals surface area contributed by atoms with Gasteiger partial charge in [0.2, 0.25) is 27.6 Å². The van der Waals surface area contributed by atoms with E-state index >= 15 is 0 Å². The van der Waals surface area contributed by atoms with Crippen LogP contribution < -0.4 is 10.1 Å². The van der Waals surface area contributed by atoms with Gasteiger partial charge in [0.15, 0.2) is 5.65 Å². The number of aromatic nitrogens is 4. The number of nitrogens with zero attached hydrogens (tertiary/aromatic N) is 5. The SMILES string of the molecule is C=C(/C=C\C(C)=C(/C)CN1CC2(CCOCC2)Oc2nc(CCC(=O)NC3CCC3)ccc2S1(=O)=O)[C@@H](c1ccn2c(C(F)(F)F)nnc2c1C)C(C)(C)C(=O)O. The molecule has 3 aromatic rings. The molecule has 2 aliphatic heterocycles. The lowest BCUT2D eigenvalue weighted by Gasteiger charge is -2.38. The van der Waals surface area contributed by atoms with E-state index in [-0.39, 0.29) is 47.9 Å². The summed E-state index contributed by atoms with van der Waals surface area (Å²) in [6, 6.07) is 4.76. The van der Waals surface area contributed by atoms with Gasteiger partial charge >= 0.3 is 12.1 Å². The van der Waals surface area contributed by atoms with E-state index in [2.05, 4.69) is 27.1 Å². The smallest absolute Gasteiger partial charge is 0.452 e. The molecule has 1 amide bonds. The number of carbonyl (C=O) groups is 2. The second-order valence-electron chi connectivity index (χ2n) is 15.9. The number of carbonyl (C=O) groups excluding carboxylic acids is 1. The Hall–Kier alpha value is -4.61. The van der Waals surface area contributed by atoms with Gasteiger partial charge in [-0.25, -0.2) is 13.4 Å². The van der Waals surface area contributed by atoms with Gasteiger partial charge in [0.05, 0.1) is 25.2 Å². The summed E-state index contributed by atoms with van der Waals surface area (Å²) in [4.78, 5) is 29.6. The molecule has 2 fully saturated rings. The van der Waals surface area contributed by atoms with Crippen LogP contribution >= 0.6 is 0 Å². The number of nitrogens with one attached hydrogen (secondary N) is 1. The summed E-state index contributed by atoms with van der Waals surface area (Å²) in [6.45, 7) is 13.2. The van der Waals surface area contributed by atoms with E-state index in [1.54, 1.807) is 39.0 Å². The number of amides is 1. The highest BCUT2D eigenvalue weighted by Crippen LogP contribution is 2.44. The van der Waals surface area contributed by atoms with Gasteiger partial charge in [0.1, 0.15) is 10.5 Å². The lowest BCUT2D eigenvalue weighted by atomic mass is 9.70. The summed E-state index contributed by atoms with van der Waals surface area (Å²) < 4.78 is 83.8. The molecule has 6 rings (SSSR count). The zero-order chi connectivity index (χ0) is 41.5.